The van der Waals surface area contributed by atoms with Gasteiger partial charge in [0.25, 0.3) is 0 Å². The van der Waals surface area contributed by atoms with Gasteiger partial charge in [0.05, 0.1) is 47.1 Å². The molecule has 0 aliphatic carbocycles. The molecule has 6 rings (SSSR count). The summed E-state index contributed by atoms with van der Waals surface area (Å²) in [5.41, 5.74) is 0.847. The number of ketones is 2. The molecule has 0 spiro atoms. The van der Waals surface area contributed by atoms with Gasteiger partial charge in [0.1, 0.15) is 97.7 Å². The van der Waals surface area contributed by atoms with Gasteiger partial charge < -0.3 is 119 Å². The van der Waals surface area contributed by atoms with Gasteiger partial charge in [-0.15, -0.1) is 0 Å². The van der Waals surface area contributed by atoms with Gasteiger partial charge in [0, 0.05) is 0 Å². The fourth-order valence-electron chi connectivity index (χ4n) is 7.98. The lowest BCUT2D eigenvalue weighted by Crippen LogP contribution is -2.67. The van der Waals surface area contributed by atoms with Crippen LogP contribution in [-0.2, 0) is 38.0 Å². The third kappa shape index (κ3) is 12.9. The zero-order valence-electron chi connectivity index (χ0n) is 38.0. The van der Waals surface area contributed by atoms with Crippen molar-refractivity contribution >= 4 is 23.7 Å². The number of carbonyl (C=O) groups excluding carboxylic acids is 2. The predicted molar refractivity (Wildman–Crippen MR) is 233 cm³/mol. The number of carbonyl (C=O) groups is 2. The number of hydrogen-bond donors (Lipinski definition) is 14. The minimum Gasteiger partial charge on any atom is -0.493 e. The Labute approximate surface area is 404 Å². The molecule has 71 heavy (non-hydrogen) atoms. The SMILES string of the molecule is COc1cc(/C=C/C(=O)CC(=O)/C=C/c2ccc(O[C@@H]3O[C@H](CO)[C@@H](O)[C@H](O[C@@H]4O[C@H](CO)[C@@H](O)[C@H](O[C@@H]5O[C@H](CO)[C@@H](O)C(O)[C@H]5O)[C@H]4O)[C@H]3O)c(OC)c2)ccc1O[C@@H]1O[C@H](CO)[C@@H](O)[C@H](O)[C@H]1O. The molecule has 4 aliphatic rings. The van der Waals surface area contributed by atoms with Crippen molar-refractivity contribution in [1.82, 2.24) is 0 Å². The van der Waals surface area contributed by atoms with Crippen LogP contribution in [0.2, 0.25) is 0 Å². The number of ether oxygens (including phenoxy) is 10. The van der Waals surface area contributed by atoms with Crippen molar-refractivity contribution in [3.63, 3.8) is 0 Å². The molecule has 14 N–H and O–H groups in total. The molecule has 2 aromatic rings. The van der Waals surface area contributed by atoms with Crippen LogP contribution in [0, 0.1) is 0 Å². The zero-order valence-corrected chi connectivity index (χ0v) is 38.0. The standard InChI is InChI=1S/C45H60O26/c1-62-24-11-18(5-9-22(24)64-42-36(58)34(56)30(52)26(14-46)66-42)3-7-20(50)13-21(51)8-4-19-6-10-23(25(12-19)63-2)65-44-38(60)40(32(54)28(16-48)68-44)71-45-39(61)41(33(55)29(17-49)69-45)70-43-37(59)35(57)31(53)27(15-47)67-43/h3-12,26-49,52-61H,13-17H2,1-2H3/b7-3+,8-4+/t26-,27-,28-,29-,30-,31-,32-,33-,34+,35?,36-,37-,38-,39-,40+,41+,42-,43+,44-,45+/m1/s1. The second-order valence-corrected chi connectivity index (χ2v) is 16.8. The van der Waals surface area contributed by atoms with Crippen LogP contribution in [0.1, 0.15) is 17.5 Å². The summed E-state index contributed by atoms with van der Waals surface area (Å²) in [5.74, 6) is -0.932. The van der Waals surface area contributed by atoms with Gasteiger partial charge >= 0.3 is 0 Å². The Bertz CT molecular complexity index is 2120. The predicted octanol–water partition coefficient (Wildman–Crippen LogP) is -6.04. The van der Waals surface area contributed by atoms with Crippen LogP contribution >= 0.6 is 0 Å². The smallest absolute Gasteiger partial charge is 0.229 e. The van der Waals surface area contributed by atoms with Gasteiger partial charge in [-0.25, -0.2) is 0 Å². The Kier molecular flexibility index (Phi) is 19.8. The molecule has 1 unspecified atom stereocenters. The van der Waals surface area contributed by atoms with Crippen LogP contribution in [0.25, 0.3) is 12.2 Å². The molecule has 4 saturated heterocycles. The molecule has 0 radical (unpaired) electrons. The molecule has 0 saturated carbocycles. The molecule has 0 bridgehead atoms. The van der Waals surface area contributed by atoms with Crippen molar-refractivity contribution in [3.05, 3.63) is 59.7 Å². The average Bonchev–Trinajstić information content (AvgIpc) is 3.37. The van der Waals surface area contributed by atoms with Crippen molar-refractivity contribution in [1.29, 1.82) is 0 Å². The van der Waals surface area contributed by atoms with Crippen LogP contribution < -0.4 is 18.9 Å². The van der Waals surface area contributed by atoms with E-state index in [-0.39, 0.29) is 23.0 Å². The average molecular weight is 1020 g/mol. The molecule has 4 heterocycles. The molecule has 396 valence electrons. The van der Waals surface area contributed by atoms with E-state index in [9.17, 15) is 81.1 Å². The van der Waals surface area contributed by atoms with E-state index in [0.717, 1.165) is 6.08 Å². The van der Waals surface area contributed by atoms with Crippen molar-refractivity contribution < 1.29 is 128 Å². The van der Waals surface area contributed by atoms with E-state index < -0.39 is 167 Å². The van der Waals surface area contributed by atoms with Crippen molar-refractivity contribution in [2.24, 2.45) is 0 Å². The molecule has 20 atom stereocenters. The number of aliphatic hydroxyl groups is 14. The van der Waals surface area contributed by atoms with E-state index in [1.165, 1.54) is 68.8 Å². The highest BCUT2D eigenvalue weighted by Gasteiger charge is 2.54. The largest absolute Gasteiger partial charge is 0.493 e. The fraction of sp³-hybridized carbons (Fsp3) is 0.600. The third-order valence-electron chi connectivity index (χ3n) is 12.1. The topological polar surface area (TPSA) is 410 Å². The zero-order chi connectivity index (χ0) is 51.8. The number of benzene rings is 2. The number of allylic oxidation sites excluding steroid dienone is 2. The fourth-order valence-corrected chi connectivity index (χ4v) is 7.98. The molecule has 26 nitrogen and oxygen atoms in total. The Hall–Kier alpha value is -4.34. The van der Waals surface area contributed by atoms with Crippen LogP contribution in [0.5, 0.6) is 23.0 Å². The number of hydrogen-bond acceptors (Lipinski definition) is 26. The summed E-state index contributed by atoms with van der Waals surface area (Å²) in [6.07, 6.45) is -29.8. The summed E-state index contributed by atoms with van der Waals surface area (Å²) < 4.78 is 55.6. The minimum absolute atomic E-state index is 0.0394. The highest BCUT2D eigenvalue weighted by Crippen LogP contribution is 2.37. The molecule has 4 aliphatic heterocycles. The highest BCUT2D eigenvalue weighted by atomic mass is 16.8. The van der Waals surface area contributed by atoms with Gasteiger partial charge in [-0.2, -0.15) is 0 Å². The number of rotatable bonds is 20. The quantitative estimate of drug-likeness (QED) is 0.0434. The Morgan fingerprint density at radius 1 is 0.451 bits per heavy atom. The van der Waals surface area contributed by atoms with E-state index >= 15 is 0 Å². The first-order valence-corrected chi connectivity index (χ1v) is 22.2. The lowest BCUT2D eigenvalue weighted by atomic mass is 9.96. The second-order valence-electron chi connectivity index (χ2n) is 16.8. The first-order chi connectivity index (χ1) is 33.9. The van der Waals surface area contributed by atoms with Gasteiger partial charge in [-0.3, -0.25) is 9.59 Å². The maximum absolute atomic E-state index is 12.8. The molecular weight excluding hydrogens is 956 g/mol. The summed E-state index contributed by atoms with van der Waals surface area (Å²) in [4.78, 5) is 25.5. The minimum atomic E-state index is -2.04. The lowest BCUT2D eigenvalue weighted by molar-refractivity contribution is -0.378. The summed E-state index contributed by atoms with van der Waals surface area (Å²) in [5, 5.41) is 145. The Morgan fingerprint density at radius 3 is 1.18 bits per heavy atom. The monoisotopic (exact) mass is 1020 g/mol. The van der Waals surface area contributed by atoms with E-state index in [2.05, 4.69) is 0 Å². The summed E-state index contributed by atoms with van der Waals surface area (Å²) in [6.45, 7) is -3.21. The summed E-state index contributed by atoms with van der Waals surface area (Å²) in [6, 6.07) is 8.73. The highest BCUT2D eigenvalue weighted by molar-refractivity contribution is 6.10. The van der Waals surface area contributed by atoms with Crippen molar-refractivity contribution in [3.8, 4) is 23.0 Å². The van der Waals surface area contributed by atoms with Gasteiger partial charge in [-0.05, 0) is 47.5 Å². The number of aliphatic hydroxyl groups excluding tert-OH is 14. The first kappa shape index (κ1) is 56.0. The summed E-state index contributed by atoms with van der Waals surface area (Å²) in [7, 11) is 2.61. The van der Waals surface area contributed by atoms with Gasteiger partial charge in [-0.1, -0.05) is 24.3 Å². The Balaban J connectivity index is 1.06. The van der Waals surface area contributed by atoms with Crippen LogP contribution in [-0.4, -0.2) is 247 Å². The van der Waals surface area contributed by atoms with Crippen molar-refractivity contribution in [2.45, 2.75) is 129 Å². The first-order valence-electron chi connectivity index (χ1n) is 22.2. The normalized spacial score (nSPS) is 37.7. The van der Waals surface area contributed by atoms with E-state index in [0.29, 0.717) is 11.1 Å². The second kappa shape index (κ2) is 25.1. The van der Waals surface area contributed by atoms with E-state index in [4.69, 9.17) is 47.4 Å². The maximum Gasteiger partial charge on any atom is 0.229 e. The van der Waals surface area contributed by atoms with Crippen LogP contribution in [0.3, 0.4) is 0 Å². The molecule has 4 fully saturated rings. The third-order valence-corrected chi connectivity index (χ3v) is 12.1. The lowest BCUT2D eigenvalue weighted by Gasteiger charge is -2.48. The molecule has 26 heteroatoms. The van der Waals surface area contributed by atoms with E-state index in [1.54, 1.807) is 0 Å². The summed E-state index contributed by atoms with van der Waals surface area (Å²) >= 11 is 0. The number of methoxy groups -OCH3 is 2. The molecule has 0 amide bonds. The molecular formula is C45H60O26. The molecule has 2 aromatic carbocycles. The van der Waals surface area contributed by atoms with E-state index in [1.807, 2.05) is 0 Å². The maximum atomic E-state index is 12.8. The van der Waals surface area contributed by atoms with Gasteiger partial charge in [0.15, 0.2) is 47.1 Å². The van der Waals surface area contributed by atoms with Crippen LogP contribution in [0.4, 0.5) is 0 Å². The van der Waals surface area contributed by atoms with Crippen molar-refractivity contribution in [2.75, 3.05) is 40.6 Å². The molecule has 0 aromatic heterocycles. The Morgan fingerprint density at radius 2 is 0.789 bits per heavy atom. The van der Waals surface area contributed by atoms with Crippen LogP contribution in [0.15, 0.2) is 48.6 Å². The van der Waals surface area contributed by atoms with Gasteiger partial charge in [0.2, 0.25) is 12.6 Å².